The molecule has 3 nitrogen and oxygen atoms in total. The molecule has 100 valence electrons. The average Bonchev–Trinajstić information content (AvgIpc) is 2.38. The summed E-state index contributed by atoms with van der Waals surface area (Å²) in [7, 11) is 0. The summed E-state index contributed by atoms with van der Waals surface area (Å²) in [6.45, 7) is 1.00. The fourth-order valence-corrected chi connectivity index (χ4v) is 3.40. The van der Waals surface area contributed by atoms with Crippen molar-refractivity contribution in [3.05, 3.63) is 0 Å². The van der Waals surface area contributed by atoms with E-state index in [0.717, 1.165) is 38.5 Å². The van der Waals surface area contributed by atoms with Gasteiger partial charge in [-0.2, -0.15) is 0 Å². The summed E-state index contributed by atoms with van der Waals surface area (Å²) < 4.78 is 0. The fourth-order valence-electron chi connectivity index (χ4n) is 3.40. The van der Waals surface area contributed by atoms with Gasteiger partial charge in [-0.3, -0.25) is 0 Å². The Morgan fingerprint density at radius 2 is 1.71 bits per heavy atom. The van der Waals surface area contributed by atoms with E-state index in [1.165, 1.54) is 19.3 Å². The van der Waals surface area contributed by atoms with Crippen molar-refractivity contribution in [3.63, 3.8) is 0 Å². The van der Waals surface area contributed by atoms with Crippen LogP contribution in [0.4, 0.5) is 0 Å². The first kappa shape index (κ1) is 13.3. The van der Waals surface area contributed by atoms with Crippen molar-refractivity contribution < 1.29 is 10.2 Å². The SMILES string of the molecule is OCC1CCCCC1NCC1(O)CCCCC1. The minimum atomic E-state index is -0.476. The highest BCUT2D eigenvalue weighted by Gasteiger charge is 2.31. The number of hydrogen-bond acceptors (Lipinski definition) is 3. The molecule has 3 heteroatoms. The lowest BCUT2D eigenvalue weighted by atomic mass is 9.82. The fraction of sp³-hybridized carbons (Fsp3) is 1.00. The van der Waals surface area contributed by atoms with E-state index >= 15 is 0 Å². The Morgan fingerprint density at radius 1 is 1.00 bits per heavy atom. The van der Waals surface area contributed by atoms with Crippen molar-refractivity contribution in [2.45, 2.75) is 69.4 Å². The van der Waals surface area contributed by atoms with Crippen molar-refractivity contribution in [1.82, 2.24) is 5.32 Å². The molecule has 0 amide bonds. The second-order valence-corrected chi connectivity index (χ2v) is 6.00. The van der Waals surface area contributed by atoms with Gasteiger partial charge in [0.2, 0.25) is 0 Å². The number of rotatable bonds is 4. The van der Waals surface area contributed by atoms with Gasteiger partial charge in [-0.25, -0.2) is 0 Å². The Hall–Kier alpha value is -0.120. The van der Waals surface area contributed by atoms with Gasteiger partial charge >= 0.3 is 0 Å². The number of aliphatic hydroxyl groups is 2. The maximum atomic E-state index is 10.4. The van der Waals surface area contributed by atoms with Gasteiger partial charge in [0, 0.05) is 19.2 Å². The Morgan fingerprint density at radius 3 is 2.41 bits per heavy atom. The normalized spacial score (nSPS) is 33.5. The van der Waals surface area contributed by atoms with Gasteiger partial charge in [0.15, 0.2) is 0 Å². The van der Waals surface area contributed by atoms with Crippen LogP contribution in [0.5, 0.6) is 0 Å². The van der Waals surface area contributed by atoms with Crippen LogP contribution in [-0.4, -0.2) is 35.0 Å². The largest absolute Gasteiger partial charge is 0.396 e. The highest BCUT2D eigenvalue weighted by molar-refractivity contribution is 4.88. The lowest BCUT2D eigenvalue weighted by Crippen LogP contribution is -2.49. The van der Waals surface area contributed by atoms with E-state index in [4.69, 9.17) is 0 Å². The minimum absolute atomic E-state index is 0.288. The van der Waals surface area contributed by atoms with Crippen LogP contribution in [0.25, 0.3) is 0 Å². The summed E-state index contributed by atoms with van der Waals surface area (Å²) in [5.74, 6) is 0.399. The second kappa shape index (κ2) is 6.17. The maximum absolute atomic E-state index is 10.4. The van der Waals surface area contributed by atoms with Gasteiger partial charge in [0.25, 0.3) is 0 Å². The molecule has 2 aliphatic rings. The molecule has 0 aromatic carbocycles. The third-order valence-electron chi connectivity index (χ3n) is 4.62. The molecule has 0 bridgehead atoms. The van der Waals surface area contributed by atoms with E-state index in [0.29, 0.717) is 18.5 Å². The lowest BCUT2D eigenvalue weighted by Gasteiger charge is -2.37. The van der Waals surface area contributed by atoms with E-state index in [2.05, 4.69) is 5.32 Å². The molecular weight excluding hydrogens is 214 g/mol. The zero-order valence-electron chi connectivity index (χ0n) is 10.8. The highest BCUT2D eigenvalue weighted by Crippen LogP contribution is 2.29. The molecule has 0 spiro atoms. The first-order valence-corrected chi connectivity index (χ1v) is 7.30. The van der Waals surface area contributed by atoms with E-state index < -0.39 is 5.60 Å². The van der Waals surface area contributed by atoms with Crippen LogP contribution in [0.1, 0.15) is 57.8 Å². The van der Waals surface area contributed by atoms with Gasteiger partial charge in [-0.15, -0.1) is 0 Å². The van der Waals surface area contributed by atoms with Crippen LogP contribution in [0.15, 0.2) is 0 Å². The third-order valence-corrected chi connectivity index (χ3v) is 4.62. The van der Waals surface area contributed by atoms with E-state index in [1.807, 2.05) is 0 Å². The molecule has 0 radical (unpaired) electrons. The molecule has 3 N–H and O–H groups in total. The van der Waals surface area contributed by atoms with Crippen molar-refractivity contribution in [3.8, 4) is 0 Å². The predicted octanol–water partition coefficient (Wildman–Crippen LogP) is 1.82. The molecule has 0 aromatic heterocycles. The van der Waals surface area contributed by atoms with E-state index in [-0.39, 0.29) is 6.61 Å². The van der Waals surface area contributed by atoms with Gasteiger partial charge in [0.1, 0.15) is 0 Å². The monoisotopic (exact) mass is 241 g/mol. The van der Waals surface area contributed by atoms with Gasteiger partial charge in [-0.05, 0) is 31.6 Å². The van der Waals surface area contributed by atoms with Crippen molar-refractivity contribution >= 4 is 0 Å². The van der Waals surface area contributed by atoms with Crippen LogP contribution in [0.2, 0.25) is 0 Å². The molecule has 0 aliphatic heterocycles. The van der Waals surface area contributed by atoms with Gasteiger partial charge < -0.3 is 15.5 Å². The van der Waals surface area contributed by atoms with Crippen LogP contribution in [0, 0.1) is 5.92 Å². The molecule has 0 saturated heterocycles. The number of nitrogens with one attached hydrogen (secondary N) is 1. The quantitative estimate of drug-likeness (QED) is 0.704. The summed E-state index contributed by atoms with van der Waals surface area (Å²) in [5.41, 5.74) is -0.476. The Labute approximate surface area is 105 Å². The molecule has 2 rings (SSSR count). The topological polar surface area (TPSA) is 52.5 Å². The smallest absolute Gasteiger partial charge is 0.0771 e. The minimum Gasteiger partial charge on any atom is -0.396 e. The Kier molecular flexibility index (Phi) is 4.83. The molecular formula is C14H27NO2. The first-order valence-electron chi connectivity index (χ1n) is 7.30. The van der Waals surface area contributed by atoms with Crippen LogP contribution in [0.3, 0.4) is 0 Å². The zero-order valence-corrected chi connectivity index (χ0v) is 10.8. The van der Waals surface area contributed by atoms with Crippen LogP contribution >= 0.6 is 0 Å². The number of hydrogen-bond donors (Lipinski definition) is 3. The maximum Gasteiger partial charge on any atom is 0.0771 e. The highest BCUT2D eigenvalue weighted by atomic mass is 16.3. The zero-order chi connectivity index (χ0) is 12.1. The first-order chi connectivity index (χ1) is 8.23. The standard InChI is InChI=1S/C14H27NO2/c16-10-12-6-2-3-7-13(12)15-11-14(17)8-4-1-5-9-14/h12-13,15-17H,1-11H2. The summed E-state index contributed by atoms with van der Waals surface area (Å²) in [6, 6.07) is 0.416. The predicted molar refractivity (Wildman–Crippen MR) is 68.9 cm³/mol. The van der Waals surface area contributed by atoms with E-state index in [9.17, 15) is 10.2 Å². The molecule has 0 heterocycles. The van der Waals surface area contributed by atoms with Crippen molar-refractivity contribution in [1.29, 1.82) is 0 Å². The average molecular weight is 241 g/mol. The number of aliphatic hydroxyl groups excluding tert-OH is 1. The molecule has 2 aliphatic carbocycles. The molecule has 2 atom stereocenters. The lowest BCUT2D eigenvalue weighted by molar-refractivity contribution is -0.00182. The third kappa shape index (κ3) is 3.67. The summed E-state index contributed by atoms with van der Waals surface area (Å²) in [6.07, 6.45) is 10.3. The van der Waals surface area contributed by atoms with E-state index in [1.54, 1.807) is 0 Å². The van der Waals surface area contributed by atoms with Crippen LogP contribution in [-0.2, 0) is 0 Å². The summed E-state index contributed by atoms with van der Waals surface area (Å²) in [5, 5.41) is 23.3. The molecule has 17 heavy (non-hydrogen) atoms. The summed E-state index contributed by atoms with van der Waals surface area (Å²) >= 11 is 0. The Bertz CT molecular complexity index is 226. The Balaban J connectivity index is 1.79. The molecule has 2 fully saturated rings. The van der Waals surface area contributed by atoms with Crippen molar-refractivity contribution in [2.75, 3.05) is 13.2 Å². The van der Waals surface area contributed by atoms with Gasteiger partial charge in [-0.1, -0.05) is 32.1 Å². The molecule has 0 aromatic rings. The van der Waals surface area contributed by atoms with Gasteiger partial charge in [0.05, 0.1) is 5.60 Å². The van der Waals surface area contributed by atoms with Crippen LogP contribution < -0.4 is 5.32 Å². The second-order valence-electron chi connectivity index (χ2n) is 6.00. The van der Waals surface area contributed by atoms with Crippen molar-refractivity contribution in [2.24, 2.45) is 5.92 Å². The molecule has 2 saturated carbocycles. The molecule has 2 unspecified atom stereocenters. The summed E-state index contributed by atoms with van der Waals surface area (Å²) in [4.78, 5) is 0.